The zero-order valence-electron chi connectivity index (χ0n) is 18.0. The molecule has 1 N–H and O–H groups in total. The van der Waals surface area contributed by atoms with E-state index >= 15 is 0 Å². The first kappa shape index (κ1) is 29.1. The van der Waals surface area contributed by atoms with Crippen LogP contribution in [0.3, 0.4) is 0 Å². The highest BCUT2D eigenvalue weighted by Gasteiger charge is 2.14. The zero-order valence-corrected chi connectivity index (χ0v) is 18.9. The van der Waals surface area contributed by atoms with Crippen LogP contribution in [0.25, 0.3) is 0 Å². The first-order valence-corrected chi connectivity index (χ1v) is 11.6. The summed E-state index contributed by atoms with van der Waals surface area (Å²) in [6.45, 7) is 9.51. The number of hydrogen-bond acceptors (Lipinski definition) is 6. The van der Waals surface area contributed by atoms with E-state index in [0.717, 1.165) is 38.5 Å². The summed E-state index contributed by atoms with van der Waals surface area (Å²) in [5.74, 6) is 0.286. The van der Waals surface area contributed by atoms with Gasteiger partial charge in [-0.1, -0.05) is 66.2 Å². The fraction of sp³-hybridized carbons (Fsp3) is 0.900. The maximum absolute atomic E-state index is 11.7. The van der Waals surface area contributed by atoms with Crippen molar-refractivity contribution < 1.29 is 32.0 Å². The molecule has 0 saturated carbocycles. The third kappa shape index (κ3) is 21.2. The van der Waals surface area contributed by atoms with E-state index in [2.05, 4.69) is 27.7 Å². The van der Waals surface area contributed by atoms with Gasteiger partial charge >= 0.3 is 11.9 Å². The molecular weight excluding hydrogens is 384 g/mol. The number of carbonyl (C=O) groups is 2. The minimum atomic E-state index is -3.12. The van der Waals surface area contributed by atoms with Gasteiger partial charge in [-0.2, -0.15) is 0 Å². The molecule has 0 spiro atoms. The number of thiol groups is 1. The highest BCUT2D eigenvalue weighted by atomic mass is 32.2. The molecule has 0 aromatic rings. The van der Waals surface area contributed by atoms with Crippen LogP contribution in [-0.2, 0) is 30.0 Å². The molecule has 0 aromatic carbocycles. The molecule has 28 heavy (non-hydrogen) atoms. The maximum Gasteiger partial charge on any atom is 0.306 e. The Balaban J connectivity index is 0. The van der Waals surface area contributed by atoms with Crippen LogP contribution in [0.1, 0.15) is 91.9 Å². The average molecular weight is 425 g/mol. The van der Waals surface area contributed by atoms with Gasteiger partial charge in [0, 0.05) is 0 Å². The Hall–Kier alpha value is -1.15. The minimum Gasteiger partial charge on any atom is -0.465 e. The summed E-state index contributed by atoms with van der Waals surface area (Å²) in [5, 5.41) is 0. The number of hydrogen-bond donors (Lipinski definition) is 2. The van der Waals surface area contributed by atoms with Crippen molar-refractivity contribution in [2.24, 2.45) is 11.8 Å². The summed E-state index contributed by atoms with van der Waals surface area (Å²) in [4.78, 5) is 23.5. The van der Waals surface area contributed by atoms with Crippen LogP contribution in [0, 0.1) is 11.8 Å². The Bertz CT molecular complexity index is 423. The highest BCUT2D eigenvalue weighted by molar-refractivity contribution is 7.66. The topological polar surface area (TPSA) is 107 Å². The second kappa shape index (κ2) is 20.6. The molecule has 0 aliphatic carbocycles. The number of carbonyl (C=O) groups excluding carboxylic acids is 2. The first-order valence-electron chi connectivity index (χ1n) is 10.4. The summed E-state index contributed by atoms with van der Waals surface area (Å²) in [7, 11) is -3.12. The highest BCUT2D eigenvalue weighted by Crippen LogP contribution is 2.14. The molecule has 0 radical (unpaired) electrons. The Morgan fingerprint density at radius 3 is 1.36 bits per heavy atom. The Labute approximate surface area is 172 Å². The van der Waals surface area contributed by atoms with Crippen LogP contribution >= 0.6 is 0 Å². The molecule has 0 aliphatic heterocycles. The van der Waals surface area contributed by atoms with E-state index in [4.69, 9.17) is 22.4 Å². The minimum absolute atomic E-state index is 0.120. The smallest absolute Gasteiger partial charge is 0.306 e. The number of unbranched alkanes of at least 4 members (excludes halogenated alkanes) is 2. The quantitative estimate of drug-likeness (QED) is 0.228. The van der Waals surface area contributed by atoms with E-state index in [1.807, 2.05) is 0 Å². The molecule has 0 rings (SSSR count). The van der Waals surface area contributed by atoms with E-state index in [-0.39, 0.29) is 24.8 Å². The van der Waals surface area contributed by atoms with Gasteiger partial charge in [-0.15, -0.1) is 0 Å². The summed E-state index contributed by atoms with van der Waals surface area (Å²) in [6, 6.07) is 0. The lowest BCUT2D eigenvalue weighted by molar-refractivity contribution is -0.151. The molecular formula is C20H40O7S. The molecule has 2 atom stereocenters. The van der Waals surface area contributed by atoms with Gasteiger partial charge in [0.05, 0.1) is 26.1 Å². The van der Waals surface area contributed by atoms with Crippen molar-refractivity contribution in [2.45, 2.75) is 91.9 Å². The van der Waals surface area contributed by atoms with Gasteiger partial charge in [-0.25, -0.2) is 8.42 Å². The molecule has 0 heterocycles. The van der Waals surface area contributed by atoms with Crippen molar-refractivity contribution in [3.8, 4) is 0 Å². The predicted octanol–water partition coefficient (Wildman–Crippen LogP) is 4.36. The second-order valence-electron chi connectivity index (χ2n) is 6.94. The molecule has 0 amide bonds. The fourth-order valence-corrected chi connectivity index (χ4v) is 2.57. The molecule has 168 valence electrons. The summed E-state index contributed by atoms with van der Waals surface area (Å²) >= 11 is 0. The summed E-state index contributed by atoms with van der Waals surface area (Å²) in [6.07, 6.45) is 9.12. The van der Waals surface area contributed by atoms with Crippen LogP contribution in [0.15, 0.2) is 0 Å². The van der Waals surface area contributed by atoms with E-state index in [0.29, 0.717) is 25.0 Å². The molecule has 0 aliphatic rings. The standard InChI is InChI=1S/C20H38O4.H2O3S/c1-5-9-11-17(7-3)15-23-19(21)13-14-20(22)24-16-18(8-4)12-10-6-2;1-4(2)3/h17-18H,5-16H2,1-4H3;4H,(H,1,2,3). The molecule has 0 saturated heterocycles. The van der Waals surface area contributed by atoms with Gasteiger partial charge < -0.3 is 9.47 Å². The van der Waals surface area contributed by atoms with E-state index < -0.39 is 11.0 Å². The predicted molar refractivity (Wildman–Crippen MR) is 111 cm³/mol. The van der Waals surface area contributed by atoms with Crippen molar-refractivity contribution in [3.05, 3.63) is 0 Å². The molecule has 7 nitrogen and oxygen atoms in total. The third-order valence-electron chi connectivity index (χ3n) is 4.58. The van der Waals surface area contributed by atoms with E-state index in [9.17, 15) is 9.59 Å². The lowest BCUT2D eigenvalue weighted by Crippen LogP contribution is -2.17. The van der Waals surface area contributed by atoms with Gasteiger partial charge in [0.25, 0.3) is 11.0 Å². The Morgan fingerprint density at radius 2 is 1.11 bits per heavy atom. The van der Waals surface area contributed by atoms with Gasteiger partial charge in [0.15, 0.2) is 0 Å². The van der Waals surface area contributed by atoms with Crippen LogP contribution in [-0.4, -0.2) is 38.1 Å². The molecule has 8 heteroatoms. The number of esters is 2. The monoisotopic (exact) mass is 424 g/mol. The van der Waals surface area contributed by atoms with E-state index in [1.54, 1.807) is 0 Å². The SMILES string of the molecule is CCCCC(CC)COC(=O)CCC(=O)OCC(CC)CCCC.O=[SH](=O)O. The Morgan fingerprint density at radius 1 is 0.786 bits per heavy atom. The van der Waals surface area contributed by atoms with Crippen LogP contribution < -0.4 is 0 Å². The number of rotatable bonds is 15. The van der Waals surface area contributed by atoms with Crippen LogP contribution in [0.5, 0.6) is 0 Å². The lowest BCUT2D eigenvalue weighted by Gasteiger charge is -2.15. The molecule has 0 bridgehead atoms. The van der Waals surface area contributed by atoms with Crippen molar-refractivity contribution >= 4 is 22.9 Å². The summed E-state index contributed by atoms with van der Waals surface area (Å²) in [5.41, 5.74) is 0. The second-order valence-corrected chi connectivity index (χ2v) is 7.41. The van der Waals surface area contributed by atoms with Crippen molar-refractivity contribution in [1.29, 1.82) is 0 Å². The fourth-order valence-electron chi connectivity index (χ4n) is 2.57. The number of ether oxygens (including phenoxy) is 2. The molecule has 0 fully saturated rings. The van der Waals surface area contributed by atoms with E-state index in [1.165, 1.54) is 12.8 Å². The molecule has 2 unspecified atom stereocenters. The lowest BCUT2D eigenvalue weighted by atomic mass is 10.0. The summed E-state index contributed by atoms with van der Waals surface area (Å²) < 4.78 is 34.8. The maximum atomic E-state index is 11.7. The van der Waals surface area contributed by atoms with Gasteiger partial charge in [-0.3, -0.25) is 14.1 Å². The van der Waals surface area contributed by atoms with Crippen molar-refractivity contribution in [1.82, 2.24) is 0 Å². The largest absolute Gasteiger partial charge is 0.465 e. The molecule has 0 aromatic heterocycles. The van der Waals surface area contributed by atoms with Gasteiger partial charge in [-0.05, 0) is 24.7 Å². The first-order chi connectivity index (χ1) is 13.3. The zero-order chi connectivity index (χ0) is 21.8. The van der Waals surface area contributed by atoms with Crippen LogP contribution in [0.2, 0.25) is 0 Å². The normalized spacial score (nSPS) is 12.6. The van der Waals surface area contributed by atoms with Crippen molar-refractivity contribution in [2.75, 3.05) is 13.2 Å². The third-order valence-corrected chi connectivity index (χ3v) is 4.58. The van der Waals surface area contributed by atoms with Crippen LogP contribution in [0.4, 0.5) is 0 Å². The Kier molecular flexibility index (Phi) is 21.4. The van der Waals surface area contributed by atoms with Crippen molar-refractivity contribution in [3.63, 3.8) is 0 Å². The average Bonchev–Trinajstić information content (AvgIpc) is 2.66. The van der Waals surface area contributed by atoms with Gasteiger partial charge in [0.2, 0.25) is 0 Å². The van der Waals surface area contributed by atoms with Gasteiger partial charge in [0.1, 0.15) is 0 Å².